The quantitative estimate of drug-likeness (QED) is 0.765. The smallest absolute Gasteiger partial charge is 0.312 e. The van der Waals surface area contributed by atoms with Gasteiger partial charge in [0.1, 0.15) is 6.04 Å². The Bertz CT molecular complexity index is 500. The monoisotopic (exact) mass is 258 g/mol. The highest BCUT2D eigenvalue weighted by atomic mass is 16.2. The van der Waals surface area contributed by atoms with Crippen molar-refractivity contribution in [1.29, 1.82) is 0 Å². The Morgan fingerprint density at radius 3 is 2.63 bits per heavy atom. The van der Waals surface area contributed by atoms with E-state index < -0.39 is 0 Å². The molecule has 1 aromatic carbocycles. The minimum absolute atomic E-state index is 0.0608. The van der Waals surface area contributed by atoms with Crippen molar-refractivity contribution in [3.63, 3.8) is 0 Å². The van der Waals surface area contributed by atoms with Gasteiger partial charge in [0.2, 0.25) is 0 Å². The van der Waals surface area contributed by atoms with Gasteiger partial charge in [-0.2, -0.15) is 0 Å². The van der Waals surface area contributed by atoms with Crippen LogP contribution in [-0.2, 0) is 4.79 Å². The van der Waals surface area contributed by atoms with Gasteiger partial charge >= 0.3 is 6.03 Å². The third kappa shape index (κ3) is 1.91. The Morgan fingerprint density at radius 1 is 1.21 bits per heavy atom. The van der Waals surface area contributed by atoms with Gasteiger partial charge in [-0.3, -0.25) is 4.79 Å². The topological polar surface area (TPSA) is 40.6 Å². The maximum Gasteiger partial charge on any atom is 0.332 e. The molecule has 0 saturated carbocycles. The number of carbonyl (C=O) groups excluding carboxylic acids is 2. The first-order valence-electron chi connectivity index (χ1n) is 6.92. The molecule has 2 aliphatic heterocycles. The van der Waals surface area contributed by atoms with E-state index in [1.54, 1.807) is 4.90 Å². The van der Waals surface area contributed by atoms with E-state index in [-0.39, 0.29) is 18.0 Å². The number of piperidine rings is 1. The lowest BCUT2D eigenvalue weighted by Gasteiger charge is -2.31. The number of nitrogens with zero attached hydrogens (tertiary/aromatic N) is 2. The summed E-state index contributed by atoms with van der Waals surface area (Å²) in [5.74, 6) is 0.503. The fourth-order valence-electron chi connectivity index (χ4n) is 3.06. The van der Waals surface area contributed by atoms with E-state index >= 15 is 0 Å². The summed E-state index contributed by atoms with van der Waals surface area (Å²) in [4.78, 5) is 27.9. The Kier molecular flexibility index (Phi) is 3.01. The van der Waals surface area contributed by atoms with Crippen molar-refractivity contribution in [3.8, 4) is 0 Å². The molecule has 2 atom stereocenters. The van der Waals surface area contributed by atoms with Crippen LogP contribution in [0.15, 0.2) is 30.3 Å². The van der Waals surface area contributed by atoms with Crippen molar-refractivity contribution in [1.82, 2.24) is 4.90 Å². The molecule has 2 aliphatic rings. The minimum Gasteiger partial charge on any atom is -0.312 e. The molecule has 2 fully saturated rings. The van der Waals surface area contributed by atoms with E-state index in [1.807, 2.05) is 30.3 Å². The molecular weight excluding hydrogens is 240 g/mol. The largest absolute Gasteiger partial charge is 0.332 e. The lowest BCUT2D eigenvalue weighted by molar-refractivity contribution is -0.120. The molecule has 19 heavy (non-hydrogen) atoms. The highest BCUT2D eigenvalue weighted by molar-refractivity contribution is 6.21. The van der Waals surface area contributed by atoms with Crippen LogP contribution in [0.2, 0.25) is 0 Å². The lowest BCUT2D eigenvalue weighted by Crippen LogP contribution is -2.42. The predicted molar refractivity (Wildman–Crippen MR) is 72.8 cm³/mol. The number of carbonyl (C=O) groups is 2. The summed E-state index contributed by atoms with van der Waals surface area (Å²) in [7, 11) is 0. The Morgan fingerprint density at radius 2 is 1.95 bits per heavy atom. The summed E-state index contributed by atoms with van der Waals surface area (Å²) in [5.41, 5.74) is 0.681. The van der Waals surface area contributed by atoms with Gasteiger partial charge in [0, 0.05) is 6.54 Å². The van der Waals surface area contributed by atoms with Crippen LogP contribution in [0.3, 0.4) is 0 Å². The van der Waals surface area contributed by atoms with Crippen LogP contribution < -0.4 is 4.90 Å². The number of amides is 3. The number of benzene rings is 1. The van der Waals surface area contributed by atoms with Crippen molar-refractivity contribution in [3.05, 3.63) is 30.3 Å². The summed E-state index contributed by atoms with van der Waals surface area (Å²) in [5, 5.41) is 0. The molecule has 0 aliphatic carbocycles. The highest BCUT2D eigenvalue weighted by Gasteiger charge is 2.48. The van der Waals surface area contributed by atoms with E-state index in [0.717, 1.165) is 19.3 Å². The first kappa shape index (κ1) is 12.2. The summed E-state index contributed by atoms with van der Waals surface area (Å²) in [6.45, 7) is 2.85. The lowest BCUT2D eigenvalue weighted by atomic mass is 9.89. The summed E-state index contributed by atoms with van der Waals surface area (Å²) in [6, 6.07) is 8.80. The van der Waals surface area contributed by atoms with Gasteiger partial charge in [0.15, 0.2) is 0 Å². The number of urea groups is 1. The van der Waals surface area contributed by atoms with Crippen LogP contribution in [0.25, 0.3) is 0 Å². The number of anilines is 1. The van der Waals surface area contributed by atoms with Crippen LogP contribution in [0.5, 0.6) is 0 Å². The van der Waals surface area contributed by atoms with Crippen molar-refractivity contribution >= 4 is 17.6 Å². The van der Waals surface area contributed by atoms with Gasteiger partial charge < -0.3 is 4.90 Å². The Labute approximate surface area is 113 Å². The zero-order chi connectivity index (χ0) is 13.4. The van der Waals surface area contributed by atoms with Gasteiger partial charge in [0.05, 0.1) is 5.69 Å². The summed E-state index contributed by atoms with van der Waals surface area (Å²) >= 11 is 0. The predicted octanol–water partition coefficient (Wildman–Crippen LogP) is 2.64. The average molecular weight is 258 g/mol. The molecule has 0 N–H and O–H groups in total. The van der Waals surface area contributed by atoms with E-state index in [2.05, 4.69) is 6.92 Å². The Hall–Kier alpha value is -1.84. The highest BCUT2D eigenvalue weighted by Crippen LogP contribution is 2.33. The molecule has 0 aromatic heterocycles. The van der Waals surface area contributed by atoms with Crippen molar-refractivity contribution in [2.45, 2.75) is 32.2 Å². The molecule has 2 heterocycles. The molecule has 4 heteroatoms. The molecule has 3 amide bonds. The first-order chi connectivity index (χ1) is 9.22. The minimum atomic E-state index is -0.244. The third-order valence-corrected chi connectivity index (χ3v) is 4.25. The van der Waals surface area contributed by atoms with Gasteiger partial charge in [-0.1, -0.05) is 31.5 Å². The molecule has 0 bridgehead atoms. The zero-order valence-electron chi connectivity index (χ0n) is 11.1. The molecule has 2 unspecified atom stereocenters. The molecule has 2 saturated heterocycles. The van der Waals surface area contributed by atoms with E-state index in [9.17, 15) is 9.59 Å². The van der Waals surface area contributed by atoms with Crippen LogP contribution in [0.1, 0.15) is 26.2 Å². The van der Waals surface area contributed by atoms with Crippen molar-refractivity contribution < 1.29 is 9.59 Å². The second-order valence-electron chi connectivity index (χ2n) is 5.30. The zero-order valence-corrected chi connectivity index (χ0v) is 11.1. The van der Waals surface area contributed by atoms with Crippen LogP contribution in [0.4, 0.5) is 10.5 Å². The molecule has 100 valence electrons. The molecule has 0 spiro atoms. The molecule has 0 radical (unpaired) electrons. The van der Waals surface area contributed by atoms with E-state index in [4.69, 9.17) is 0 Å². The van der Waals surface area contributed by atoms with Gasteiger partial charge in [-0.05, 0) is 30.9 Å². The summed E-state index contributed by atoms with van der Waals surface area (Å²) in [6.07, 6.45) is 2.90. The maximum absolute atomic E-state index is 12.5. The number of para-hydroxylation sites is 1. The van der Waals surface area contributed by atoms with E-state index in [0.29, 0.717) is 18.2 Å². The van der Waals surface area contributed by atoms with Crippen LogP contribution in [0, 0.1) is 5.92 Å². The fourth-order valence-corrected chi connectivity index (χ4v) is 3.06. The number of rotatable bonds is 2. The third-order valence-electron chi connectivity index (χ3n) is 4.25. The second kappa shape index (κ2) is 4.68. The summed E-state index contributed by atoms with van der Waals surface area (Å²) < 4.78 is 0. The molecule has 4 nitrogen and oxygen atoms in total. The van der Waals surface area contributed by atoms with E-state index in [1.165, 1.54) is 4.90 Å². The van der Waals surface area contributed by atoms with Crippen LogP contribution in [-0.4, -0.2) is 29.4 Å². The number of hydrogen-bond acceptors (Lipinski definition) is 2. The first-order valence-corrected chi connectivity index (χ1v) is 6.92. The maximum atomic E-state index is 12.5. The standard InChI is InChI=1S/C15H18N2O2/c1-2-11-8-9-16-13(10-11)14(18)17(15(16)19)12-6-4-3-5-7-12/h3-7,11,13H,2,8-10H2,1H3. The van der Waals surface area contributed by atoms with Crippen molar-refractivity contribution in [2.75, 3.05) is 11.4 Å². The Balaban J connectivity index is 1.89. The second-order valence-corrected chi connectivity index (χ2v) is 5.30. The molecule has 1 aromatic rings. The fraction of sp³-hybridized carbons (Fsp3) is 0.467. The SMILES string of the molecule is CCC1CCN2C(=O)N(c3ccccc3)C(=O)C2C1. The van der Waals surface area contributed by atoms with Gasteiger partial charge in [-0.15, -0.1) is 0 Å². The normalized spacial score (nSPS) is 26.8. The molecule has 3 rings (SSSR count). The molecular formula is C15H18N2O2. The number of imide groups is 1. The van der Waals surface area contributed by atoms with Crippen molar-refractivity contribution in [2.24, 2.45) is 5.92 Å². The number of fused-ring (bicyclic) bond motifs is 1. The average Bonchev–Trinajstić information content (AvgIpc) is 2.71. The van der Waals surface area contributed by atoms with Gasteiger partial charge in [0.25, 0.3) is 5.91 Å². The number of hydrogen-bond donors (Lipinski definition) is 0. The van der Waals surface area contributed by atoms with Crippen LogP contribution >= 0.6 is 0 Å². The van der Waals surface area contributed by atoms with Gasteiger partial charge in [-0.25, -0.2) is 9.69 Å².